The molecule has 1 aliphatic carbocycles. The highest BCUT2D eigenvalue weighted by Gasteiger charge is 2.36. The summed E-state index contributed by atoms with van der Waals surface area (Å²) in [5.74, 6) is -0.577. The van der Waals surface area contributed by atoms with Crippen LogP contribution < -0.4 is 0 Å². The zero-order valence-electron chi connectivity index (χ0n) is 7.81. The van der Waals surface area contributed by atoms with Crippen LogP contribution in [0.25, 0.3) is 0 Å². The van der Waals surface area contributed by atoms with Gasteiger partial charge in [0.1, 0.15) is 0 Å². The van der Waals surface area contributed by atoms with Gasteiger partial charge in [0.25, 0.3) is 0 Å². The van der Waals surface area contributed by atoms with Gasteiger partial charge in [-0.05, 0) is 19.3 Å². The topological polar surface area (TPSA) is 37.3 Å². The first-order chi connectivity index (χ1) is 5.71. The van der Waals surface area contributed by atoms with Crippen molar-refractivity contribution in [2.24, 2.45) is 5.41 Å². The van der Waals surface area contributed by atoms with E-state index in [9.17, 15) is 4.79 Å². The number of aliphatic carboxylic acids is 1. The fraction of sp³-hybridized carbons (Fsp3) is 0.900. The van der Waals surface area contributed by atoms with Gasteiger partial charge >= 0.3 is 5.97 Å². The van der Waals surface area contributed by atoms with Crippen molar-refractivity contribution in [3.63, 3.8) is 0 Å². The second kappa shape index (κ2) is 3.92. The van der Waals surface area contributed by atoms with Crippen molar-refractivity contribution in [3.8, 4) is 0 Å². The van der Waals surface area contributed by atoms with Crippen molar-refractivity contribution in [2.75, 3.05) is 0 Å². The van der Waals surface area contributed by atoms with E-state index in [1.807, 2.05) is 6.92 Å². The summed E-state index contributed by atoms with van der Waals surface area (Å²) in [6.07, 6.45) is 7.20. The fourth-order valence-electron chi connectivity index (χ4n) is 2.12. The van der Waals surface area contributed by atoms with E-state index < -0.39 is 5.97 Å². The molecule has 0 saturated heterocycles. The van der Waals surface area contributed by atoms with Gasteiger partial charge in [0, 0.05) is 0 Å². The first-order valence-electron chi connectivity index (χ1n) is 4.95. The zero-order chi connectivity index (χ0) is 9.03. The third kappa shape index (κ3) is 1.79. The second-order valence-corrected chi connectivity index (χ2v) is 3.85. The molecule has 0 spiro atoms. The van der Waals surface area contributed by atoms with Crippen molar-refractivity contribution < 1.29 is 9.90 Å². The molecule has 12 heavy (non-hydrogen) atoms. The van der Waals surface area contributed by atoms with Crippen molar-refractivity contribution in [1.29, 1.82) is 0 Å². The summed E-state index contributed by atoms with van der Waals surface area (Å²) < 4.78 is 0. The van der Waals surface area contributed by atoms with Gasteiger partial charge in [-0.25, -0.2) is 0 Å². The summed E-state index contributed by atoms with van der Waals surface area (Å²) >= 11 is 0. The van der Waals surface area contributed by atoms with Crippen molar-refractivity contribution in [3.05, 3.63) is 0 Å². The molecule has 1 rings (SSSR count). The van der Waals surface area contributed by atoms with Crippen LogP contribution in [-0.2, 0) is 4.79 Å². The summed E-state index contributed by atoms with van der Waals surface area (Å²) in [4.78, 5) is 11.1. The fourth-order valence-corrected chi connectivity index (χ4v) is 2.12. The Morgan fingerprint density at radius 2 is 1.75 bits per heavy atom. The molecule has 2 heteroatoms. The lowest BCUT2D eigenvalue weighted by atomic mass is 9.78. The predicted octanol–water partition coefficient (Wildman–Crippen LogP) is 2.82. The Labute approximate surface area is 74.0 Å². The maximum absolute atomic E-state index is 11.1. The van der Waals surface area contributed by atoms with E-state index in [-0.39, 0.29) is 5.41 Å². The predicted molar refractivity (Wildman–Crippen MR) is 48.1 cm³/mol. The molecule has 70 valence electrons. The van der Waals surface area contributed by atoms with Crippen LogP contribution in [0, 0.1) is 5.41 Å². The highest BCUT2D eigenvalue weighted by Crippen LogP contribution is 2.37. The SMILES string of the molecule is CCC1(C(=O)O)CCCCCC1. The maximum atomic E-state index is 11.1. The Kier molecular flexibility index (Phi) is 3.12. The Bertz CT molecular complexity index is 155. The van der Waals surface area contributed by atoms with Crippen LogP contribution in [0.1, 0.15) is 51.9 Å². The van der Waals surface area contributed by atoms with Gasteiger partial charge in [-0.2, -0.15) is 0 Å². The highest BCUT2D eigenvalue weighted by atomic mass is 16.4. The number of rotatable bonds is 2. The van der Waals surface area contributed by atoms with Gasteiger partial charge in [0.15, 0.2) is 0 Å². The maximum Gasteiger partial charge on any atom is 0.309 e. The summed E-state index contributed by atoms with van der Waals surface area (Å²) in [5, 5.41) is 9.11. The van der Waals surface area contributed by atoms with Gasteiger partial charge in [0.05, 0.1) is 5.41 Å². The van der Waals surface area contributed by atoms with Crippen molar-refractivity contribution in [2.45, 2.75) is 51.9 Å². The Balaban J connectivity index is 2.68. The Morgan fingerprint density at radius 3 is 2.08 bits per heavy atom. The monoisotopic (exact) mass is 170 g/mol. The van der Waals surface area contributed by atoms with Crippen LogP contribution in [-0.4, -0.2) is 11.1 Å². The normalized spacial score (nSPS) is 23.1. The summed E-state index contributed by atoms with van der Waals surface area (Å²) in [6, 6.07) is 0. The van der Waals surface area contributed by atoms with Crippen LogP contribution in [0.4, 0.5) is 0 Å². The van der Waals surface area contributed by atoms with Gasteiger partial charge in [-0.3, -0.25) is 4.79 Å². The van der Waals surface area contributed by atoms with E-state index in [0.29, 0.717) is 0 Å². The molecule has 0 radical (unpaired) electrons. The van der Waals surface area contributed by atoms with E-state index in [1.54, 1.807) is 0 Å². The third-order valence-electron chi connectivity index (χ3n) is 3.19. The van der Waals surface area contributed by atoms with Gasteiger partial charge in [0.2, 0.25) is 0 Å². The molecule has 0 amide bonds. The van der Waals surface area contributed by atoms with Crippen LogP contribution >= 0.6 is 0 Å². The van der Waals surface area contributed by atoms with Crippen molar-refractivity contribution in [1.82, 2.24) is 0 Å². The minimum atomic E-state index is -0.577. The summed E-state index contributed by atoms with van der Waals surface area (Å²) in [6.45, 7) is 2.00. The molecular formula is C10H18O2. The molecule has 0 unspecified atom stereocenters. The Hall–Kier alpha value is -0.530. The minimum Gasteiger partial charge on any atom is -0.481 e. The quantitative estimate of drug-likeness (QED) is 0.647. The first-order valence-corrected chi connectivity index (χ1v) is 4.95. The van der Waals surface area contributed by atoms with Crippen molar-refractivity contribution >= 4 is 5.97 Å². The van der Waals surface area contributed by atoms with Gasteiger partial charge in [-0.1, -0.05) is 32.6 Å². The van der Waals surface area contributed by atoms with Crippen LogP contribution in [0.2, 0.25) is 0 Å². The molecule has 2 nitrogen and oxygen atoms in total. The van der Waals surface area contributed by atoms with Crippen LogP contribution in [0.5, 0.6) is 0 Å². The molecule has 1 N–H and O–H groups in total. The third-order valence-corrected chi connectivity index (χ3v) is 3.19. The molecule has 1 aliphatic rings. The molecule has 0 aromatic carbocycles. The summed E-state index contributed by atoms with van der Waals surface area (Å²) in [5.41, 5.74) is -0.378. The molecule has 1 fully saturated rings. The highest BCUT2D eigenvalue weighted by molar-refractivity contribution is 5.74. The average molecular weight is 170 g/mol. The number of hydrogen-bond acceptors (Lipinski definition) is 1. The van der Waals surface area contributed by atoms with E-state index in [4.69, 9.17) is 5.11 Å². The lowest BCUT2D eigenvalue weighted by Gasteiger charge is -2.25. The molecule has 0 aromatic heterocycles. The first kappa shape index (κ1) is 9.56. The molecular weight excluding hydrogens is 152 g/mol. The molecule has 0 bridgehead atoms. The molecule has 0 aromatic rings. The Morgan fingerprint density at radius 1 is 1.25 bits per heavy atom. The zero-order valence-corrected chi connectivity index (χ0v) is 7.81. The van der Waals surface area contributed by atoms with E-state index in [1.165, 1.54) is 12.8 Å². The number of carbonyl (C=O) groups is 1. The van der Waals surface area contributed by atoms with E-state index >= 15 is 0 Å². The minimum absolute atomic E-state index is 0.378. The molecule has 0 heterocycles. The number of carboxylic acid groups (broad SMARTS) is 1. The molecule has 0 atom stereocenters. The van der Waals surface area contributed by atoms with Crippen LogP contribution in [0.15, 0.2) is 0 Å². The van der Waals surface area contributed by atoms with Crippen LogP contribution in [0.3, 0.4) is 0 Å². The second-order valence-electron chi connectivity index (χ2n) is 3.85. The van der Waals surface area contributed by atoms with E-state index in [0.717, 1.165) is 32.1 Å². The average Bonchev–Trinajstić information content (AvgIpc) is 2.29. The smallest absolute Gasteiger partial charge is 0.309 e. The van der Waals surface area contributed by atoms with Gasteiger partial charge < -0.3 is 5.11 Å². The van der Waals surface area contributed by atoms with Gasteiger partial charge in [-0.15, -0.1) is 0 Å². The lowest BCUT2D eigenvalue weighted by molar-refractivity contribution is -0.150. The lowest BCUT2D eigenvalue weighted by Crippen LogP contribution is -2.29. The van der Waals surface area contributed by atoms with E-state index in [2.05, 4.69) is 0 Å². The largest absolute Gasteiger partial charge is 0.481 e. The summed E-state index contributed by atoms with van der Waals surface area (Å²) in [7, 11) is 0. The standard InChI is InChI=1S/C10H18O2/c1-2-10(9(11)12)7-5-3-4-6-8-10/h2-8H2,1H3,(H,11,12). The molecule has 0 aliphatic heterocycles. The number of hydrogen-bond donors (Lipinski definition) is 1. The number of carboxylic acids is 1. The molecule has 1 saturated carbocycles.